The van der Waals surface area contributed by atoms with E-state index in [1.807, 2.05) is 0 Å². The zero-order valence-corrected chi connectivity index (χ0v) is 11.9. The van der Waals surface area contributed by atoms with Gasteiger partial charge in [0.2, 0.25) is 5.88 Å². The normalized spacial score (nSPS) is 11.3. The number of fused-ring (bicyclic) bond motifs is 1. The molecule has 6 nitrogen and oxygen atoms in total. The maximum atomic E-state index is 12.0. The number of hydrogen-bond donors (Lipinski definition) is 3. The number of para-hydroxylation sites is 1. The molecule has 0 aliphatic carbocycles. The standard InChI is InChI=1S/C15H10ClN3O3/c16-8-5-6-12(20)10(7-8)14(21)19-18-13-9-3-1-2-4-11(9)17-15(13)22/h1-7,17,20,22H. The molecule has 0 saturated heterocycles. The van der Waals surface area contributed by atoms with Crippen LogP contribution in [-0.4, -0.2) is 21.1 Å². The number of aromatic hydroxyl groups is 2. The van der Waals surface area contributed by atoms with Crippen LogP contribution in [0.15, 0.2) is 52.7 Å². The quantitative estimate of drug-likeness (QED) is 0.619. The first-order valence-electron chi connectivity index (χ1n) is 6.30. The van der Waals surface area contributed by atoms with Crippen LogP contribution in [0.1, 0.15) is 10.4 Å². The molecule has 0 unspecified atom stereocenters. The highest BCUT2D eigenvalue weighted by Gasteiger charge is 2.13. The number of aromatic nitrogens is 1. The molecule has 22 heavy (non-hydrogen) atoms. The summed E-state index contributed by atoms with van der Waals surface area (Å²) < 4.78 is 0. The third-order valence-corrected chi connectivity index (χ3v) is 3.32. The van der Waals surface area contributed by atoms with Crippen LogP contribution in [0.25, 0.3) is 10.9 Å². The van der Waals surface area contributed by atoms with E-state index >= 15 is 0 Å². The zero-order valence-electron chi connectivity index (χ0n) is 11.1. The predicted octanol–water partition coefficient (Wildman–Crippen LogP) is 4.16. The molecule has 1 heterocycles. The molecule has 0 aliphatic heterocycles. The van der Waals surface area contributed by atoms with Gasteiger partial charge in [-0.2, -0.15) is 0 Å². The summed E-state index contributed by atoms with van der Waals surface area (Å²) in [4.78, 5) is 14.7. The van der Waals surface area contributed by atoms with Gasteiger partial charge in [-0.05, 0) is 24.3 Å². The van der Waals surface area contributed by atoms with Crippen molar-refractivity contribution in [2.45, 2.75) is 0 Å². The molecule has 2 aromatic carbocycles. The van der Waals surface area contributed by atoms with Crippen molar-refractivity contribution in [1.82, 2.24) is 4.98 Å². The van der Waals surface area contributed by atoms with Crippen molar-refractivity contribution in [3.05, 3.63) is 53.1 Å². The number of H-pyrrole nitrogens is 1. The van der Waals surface area contributed by atoms with Crippen LogP contribution in [0.5, 0.6) is 11.6 Å². The molecule has 3 rings (SSSR count). The number of nitrogens with zero attached hydrogens (tertiary/aromatic N) is 2. The van der Waals surface area contributed by atoms with Gasteiger partial charge in [0.1, 0.15) is 5.75 Å². The number of halogens is 1. The number of aromatic amines is 1. The minimum Gasteiger partial charge on any atom is -0.507 e. The third-order valence-electron chi connectivity index (χ3n) is 3.09. The van der Waals surface area contributed by atoms with Crippen molar-refractivity contribution in [2.75, 3.05) is 0 Å². The lowest BCUT2D eigenvalue weighted by Crippen LogP contribution is -1.94. The Labute approximate surface area is 129 Å². The summed E-state index contributed by atoms with van der Waals surface area (Å²) in [7, 11) is 0. The van der Waals surface area contributed by atoms with Crippen molar-refractivity contribution < 1.29 is 15.0 Å². The fourth-order valence-electron chi connectivity index (χ4n) is 2.04. The number of phenols is 1. The Morgan fingerprint density at radius 2 is 1.91 bits per heavy atom. The van der Waals surface area contributed by atoms with Gasteiger partial charge in [-0.3, -0.25) is 4.79 Å². The Balaban J connectivity index is 1.97. The third kappa shape index (κ3) is 2.51. The highest BCUT2D eigenvalue weighted by atomic mass is 35.5. The van der Waals surface area contributed by atoms with Gasteiger partial charge < -0.3 is 15.2 Å². The molecular formula is C15H10ClN3O3. The summed E-state index contributed by atoms with van der Waals surface area (Å²) in [5.74, 6) is -1.19. The molecule has 0 radical (unpaired) electrons. The van der Waals surface area contributed by atoms with Gasteiger partial charge in [0.15, 0.2) is 5.69 Å². The van der Waals surface area contributed by atoms with Gasteiger partial charge >= 0.3 is 0 Å². The number of carbonyl (C=O) groups excluding carboxylic acids is 1. The number of hydrogen-bond acceptors (Lipinski definition) is 4. The highest BCUT2D eigenvalue weighted by molar-refractivity contribution is 6.31. The van der Waals surface area contributed by atoms with Crippen molar-refractivity contribution in [3.63, 3.8) is 0 Å². The Bertz CT molecular complexity index is 902. The number of benzene rings is 2. The van der Waals surface area contributed by atoms with Crippen molar-refractivity contribution in [3.8, 4) is 11.6 Å². The lowest BCUT2D eigenvalue weighted by Gasteiger charge is -1.99. The first-order chi connectivity index (χ1) is 10.6. The Hall–Kier alpha value is -2.86. The molecule has 1 amide bonds. The summed E-state index contributed by atoms with van der Waals surface area (Å²) in [6.07, 6.45) is 0. The molecule has 0 atom stereocenters. The summed E-state index contributed by atoms with van der Waals surface area (Å²) in [5, 5.41) is 27.7. The Morgan fingerprint density at radius 3 is 2.73 bits per heavy atom. The molecular weight excluding hydrogens is 306 g/mol. The van der Waals surface area contributed by atoms with Gasteiger partial charge in [-0.25, -0.2) is 0 Å². The van der Waals surface area contributed by atoms with E-state index in [1.165, 1.54) is 18.2 Å². The molecule has 0 saturated carbocycles. The molecule has 0 aliphatic rings. The van der Waals surface area contributed by atoms with Crippen LogP contribution < -0.4 is 0 Å². The number of amides is 1. The summed E-state index contributed by atoms with van der Waals surface area (Å²) in [5.41, 5.74) is 0.771. The van der Waals surface area contributed by atoms with Crippen LogP contribution in [0.3, 0.4) is 0 Å². The lowest BCUT2D eigenvalue weighted by atomic mass is 10.2. The first-order valence-corrected chi connectivity index (χ1v) is 6.68. The molecule has 3 aromatic rings. The van der Waals surface area contributed by atoms with E-state index in [4.69, 9.17) is 11.6 Å². The second kappa shape index (κ2) is 5.50. The average molecular weight is 316 g/mol. The van der Waals surface area contributed by atoms with E-state index < -0.39 is 5.91 Å². The summed E-state index contributed by atoms with van der Waals surface area (Å²) >= 11 is 5.78. The van der Waals surface area contributed by atoms with E-state index in [9.17, 15) is 15.0 Å². The fraction of sp³-hybridized carbons (Fsp3) is 0. The summed E-state index contributed by atoms with van der Waals surface area (Å²) in [6.45, 7) is 0. The maximum absolute atomic E-state index is 12.0. The number of rotatable bonds is 2. The molecule has 0 spiro atoms. The van der Waals surface area contributed by atoms with Crippen LogP contribution in [-0.2, 0) is 0 Å². The van der Waals surface area contributed by atoms with Crippen molar-refractivity contribution in [2.24, 2.45) is 10.2 Å². The van der Waals surface area contributed by atoms with E-state index in [2.05, 4.69) is 15.2 Å². The second-order valence-corrected chi connectivity index (χ2v) is 4.97. The second-order valence-electron chi connectivity index (χ2n) is 4.53. The van der Waals surface area contributed by atoms with Gasteiger partial charge in [0, 0.05) is 10.4 Å². The van der Waals surface area contributed by atoms with Crippen molar-refractivity contribution in [1.29, 1.82) is 0 Å². The fourth-order valence-corrected chi connectivity index (χ4v) is 2.22. The van der Waals surface area contributed by atoms with Crippen LogP contribution in [0, 0.1) is 0 Å². The molecule has 3 N–H and O–H groups in total. The van der Waals surface area contributed by atoms with Crippen molar-refractivity contribution >= 4 is 34.1 Å². The molecule has 7 heteroatoms. The van der Waals surface area contributed by atoms with E-state index in [0.717, 1.165) is 0 Å². The minimum absolute atomic E-state index is 0.0596. The van der Waals surface area contributed by atoms with E-state index in [0.29, 0.717) is 15.9 Å². The zero-order chi connectivity index (χ0) is 15.7. The molecule has 110 valence electrons. The average Bonchev–Trinajstić information content (AvgIpc) is 2.82. The maximum Gasteiger partial charge on any atom is 0.299 e. The van der Waals surface area contributed by atoms with Crippen LogP contribution in [0.4, 0.5) is 5.69 Å². The number of carbonyl (C=O) groups is 1. The van der Waals surface area contributed by atoms with E-state index in [1.54, 1.807) is 24.3 Å². The van der Waals surface area contributed by atoms with Gasteiger partial charge in [0.25, 0.3) is 5.91 Å². The smallest absolute Gasteiger partial charge is 0.299 e. The molecule has 0 bridgehead atoms. The van der Waals surface area contributed by atoms with E-state index in [-0.39, 0.29) is 22.9 Å². The molecule has 0 fully saturated rings. The lowest BCUT2D eigenvalue weighted by molar-refractivity contribution is 0.0992. The number of nitrogens with one attached hydrogen (secondary N) is 1. The number of azo groups is 1. The van der Waals surface area contributed by atoms with Crippen LogP contribution >= 0.6 is 11.6 Å². The number of phenolic OH excluding ortho intramolecular Hbond substituents is 1. The Kier molecular flexibility index (Phi) is 3.52. The van der Waals surface area contributed by atoms with Gasteiger partial charge in [-0.15, -0.1) is 10.2 Å². The Morgan fingerprint density at radius 1 is 1.14 bits per heavy atom. The highest BCUT2D eigenvalue weighted by Crippen LogP contribution is 2.35. The van der Waals surface area contributed by atoms with Crippen LogP contribution in [0.2, 0.25) is 5.02 Å². The summed E-state index contributed by atoms with van der Waals surface area (Å²) in [6, 6.07) is 11.1. The monoisotopic (exact) mass is 315 g/mol. The SMILES string of the molecule is O=C(N=Nc1c(O)[nH]c2ccccc12)c1cc(Cl)ccc1O. The van der Waals surface area contributed by atoms with Gasteiger partial charge in [-0.1, -0.05) is 29.8 Å². The topological polar surface area (TPSA) is 98.0 Å². The molecule has 1 aromatic heterocycles. The predicted molar refractivity (Wildman–Crippen MR) is 81.9 cm³/mol. The first kappa shape index (κ1) is 14.1. The largest absolute Gasteiger partial charge is 0.507 e. The van der Waals surface area contributed by atoms with Gasteiger partial charge in [0.05, 0.1) is 11.1 Å². The minimum atomic E-state index is -0.760.